The van der Waals surface area contributed by atoms with E-state index >= 15 is 0 Å². The van der Waals surface area contributed by atoms with Gasteiger partial charge in [-0.2, -0.15) is 0 Å². The number of nitrogens with zero attached hydrogens (tertiary/aromatic N) is 1. The summed E-state index contributed by atoms with van der Waals surface area (Å²) in [6.07, 6.45) is 4.75. The number of allylic oxidation sites excluding steroid dienone is 1. The quantitative estimate of drug-likeness (QED) is 0.497. The SMILES string of the molecule is C/C=C/CCNC(=O)c1sc(NCCOC)nc1N. The van der Waals surface area contributed by atoms with E-state index in [9.17, 15) is 4.79 Å². The van der Waals surface area contributed by atoms with Crippen LogP contribution in [0.25, 0.3) is 0 Å². The second-order valence-corrected chi connectivity index (χ2v) is 4.77. The molecule has 6 nitrogen and oxygen atoms in total. The van der Waals surface area contributed by atoms with E-state index < -0.39 is 0 Å². The van der Waals surface area contributed by atoms with Gasteiger partial charge in [-0.3, -0.25) is 4.79 Å². The molecule has 1 aromatic heterocycles. The molecule has 0 radical (unpaired) electrons. The first kappa shape index (κ1) is 15.5. The highest BCUT2D eigenvalue weighted by Crippen LogP contribution is 2.24. The van der Waals surface area contributed by atoms with Gasteiger partial charge in [0.15, 0.2) is 5.13 Å². The third-order valence-corrected chi connectivity index (χ3v) is 3.30. The third-order valence-electron chi connectivity index (χ3n) is 2.27. The lowest BCUT2D eigenvalue weighted by Gasteiger charge is -2.01. The van der Waals surface area contributed by atoms with Crippen LogP contribution in [0.15, 0.2) is 12.2 Å². The molecule has 0 spiro atoms. The van der Waals surface area contributed by atoms with Crippen molar-refractivity contribution in [2.75, 3.05) is 37.9 Å². The number of thiazole rings is 1. The molecular formula is C12H20N4O2S. The first-order valence-electron chi connectivity index (χ1n) is 6.07. The van der Waals surface area contributed by atoms with Crippen LogP contribution in [-0.2, 0) is 4.74 Å². The molecule has 0 aliphatic rings. The fraction of sp³-hybridized carbons (Fsp3) is 0.500. The first-order valence-corrected chi connectivity index (χ1v) is 6.89. The van der Waals surface area contributed by atoms with Crippen molar-refractivity contribution in [2.24, 2.45) is 0 Å². The van der Waals surface area contributed by atoms with E-state index in [2.05, 4.69) is 15.6 Å². The van der Waals surface area contributed by atoms with E-state index in [0.29, 0.717) is 29.7 Å². The Hall–Kier alpha value is -1.60. The molecule has 4 N–H and O–H groups in total. The maximum atomic E-state index is 11.9. The van der Waals surface area contributed by atoms with Gasteiger partial charge in [-0.25, -0.2) is 4.98 Å². The van der Waals surface area contributed by atoms with Crippen molar-refractivity contribution in [1.82, 2.24) is 10.3 Å². The van der Waals surface area contributed by atoms with Crippen LogP contribution in [0.2, 0.25) is 0 Å². The number of carbonyl (C=O) groups is 1. The van der Waals surface area contributed by atoms with Crippen LogP contribution in [0.1, 0.15) is 23.0 Å². The predicted octanol–water partition coefficient (Wildman–Crippen LogP) is 1.48. The van der Waals surface area contributed by atoms with E-state index in [1.54, 1.807) is 7.11 Å². The summed E-state index contributed by atoms with van der Waals surface area (Å²) < 4.78 is 4.92. The van der Waals surface area contributed by atoms with Crippen LogP contribution in [0.4, 0.5) is 10.9 Å². The second-order valence-electron chi connectivity index (χ2n) is 3.77. The number of hydrogen-bond donors (Lipinski definition) is 3. The average molecular weight is 284 g/mol. The largest absolute Gasteiger partial charge is 0.383 e. The molecular weight excluding hydrogens is 264 g/mol. The van der Waals surface area contributed by atoms with Crippen LogP contribution in [0, 0.1) is 0 Å². The lowest BCUT2D eigenvalue weighted by Crippen LogP contribution is -2.24. The summed E-state index contributed by atoms with van der Waals surface area (Å²) in [7, 11) is 1.63. The summed E-state index contributed by atoms with van der Waals surface area (Å²) in [5, 5.41) is 6.48. The van der Waals surface area contributed by atoms with Gasteiger partial charge in [0.2, 0.25) is 0 Å². The molecule has 0 saturated carbocycles. The molecule has 0 aliphatic heterocycles. The maximum Gasteiger partial charge on any atom is 0.265 e. The van der Waals surface area contributed by atoms with Gasteiger partial charge in [-0.1, -0.05) is 23.5 Å². The van der Waals surface area contributed by atoms with Crippen LogP contribution < -0.4 is 16.4 Å². The van der Waals surface area contributed by atoms with E-state index in [1.165, 1.54) is 11.3 Å². The molecule has 0 aromatic carbocycles. The van der Waals surface area contributed by atoms with Gasteiger partial charge in [0.25, 0.3) is 5.91 Å². The zero-order valence-electron chi connectivity index (χ0n) is 11.2. The molecule has 0 saturated heterocycles. The zero-order chi connectivity index (χ0) is 14.1. The summed E-state index contributed by atoms with van der Waals surface area (Å²) in [5.41, 5.74) is 5.73. The van der Waals surface area contributed by atoms with E-state index in [-0.39, 0.29) is 11.7 Å². The minimum Gasteiger partial charge on any atom is -0.383 e. The van der Waals surface area contributed by atoms with E-state index in [0.717, 1.165) is 6.42 Å². The lowest BCUT2D eigenvalue weighted by atomic mass is 10.3. The summed E-state index contributed by atoms with van der Waals surface area (Å²) in [5.74, 6) is 0.0766. The molecule has 0 aliphatic carbocycles. The summed E-state index contributed by atoms with van der Waals surface area (Å²) in [4.78, 5) is 16.4. The minimum atomic E-state index is -0.181. The van der Waals surface area contributed by atoms with Crippen molar-refractivity contribution in [2.45, 2.75) is 13.3 Å². The van der Waals surface area contributed by atoms with Gasteiger partial charge < -0.3 is 21.1 Å². The van der Waals surface area contributed by atoms with Crippen molar-refractivity contribution in [3.8, 4) is 0 Å². The number of anilines is 2. The standard InChI is InChI=1S/C12H20N4O2S/c1-3-4-5-6-14-11(17)9-10(13)16-12(19-9)15-7-8-18-2/h3-4H,5-8,13H2,1-2H3,(H,14,17)(H,15,16)/b4-3+. The topological polar surface area (TPSA) is 89.3 Å². The van der Waals surface area contributed by atoms with Crippen molar-refractivity contribution in [1.29, 1.82) is 0 Å². The summed E-state index contributed by atoms with van der Waals surface area (Å²) >= 11 is 1.25. The maximum absolute atomic E-state index is 11.9. The molecule has 1 amide bonds. The Morgan fingerprint density at radius 3 is 3.00 bits per heavy atom. The minimum absolute atomic E-state index is 0.181. The molecule has 0 unspecified atom stereocenters. The number of amides is 1. The third kappa shape index (κ3) is 5.27. The number of hydrogen-bond acceptors (Lipinski definition) is 6. The van der Waals surface area contributed by atoms with Gasteiger partial charge in [0.05, 0.1) is 6.61 Å². The Balaban J connectivity index is 2.50. The number of nitrogens with one attached hydrogen (secondary N) is 2. The van der Waals surface area contributed by atoms with Crippen LogP contribution in [-0.4, -0.2) is 37.7 Å². The fourth-order valence-corrected chi connectivity index (χ4v) is 2.17. The molecule has 0 atom stereocenters. The number of aromatic nitrogens is 1. The van der Waals surface area contributed by atoms with Gasteiger partial charge in [-0.05, 0) is 13.3 Å². The van der Waals surface area contributed by atoms with Crippen LogP contribution in [0.5, 0.6) is 0 Å². The molecule has 1 rings (SSSR count). The van der Waals surface area contributed by atoms with Gasteiger partial charge in [-0.15, -0.1) is 0 Å². The Morgan fingerprint density at radius 2 is 2.32 bits per heavy atom. The Bertz CT molecular complexity index is 431. The zero-order valence-corrected chi connectivity index (χ0v) is 12.0. The van der Waals surface area contributed by atoms with Crippen molar-refractivity contribution >= 4 is 28.2 Å². The normalized spacial score (nSPS) is 10.8. The number of rotatable bonds is 8. The Morgan fingerprint density at radius 1 is 1.53 bits per heavy atom. The molecule has 19 heavy (non-hydrogen) atoms. The Labute approximate surface area is 117 Å². The Kier molecular flexibility index (Phi) is 6.91. The van der Waals surface area contributed by atoms with Crippen LogP contribution >= 0.6 is 11.3 Å². The summed E-state index contributed by atoms with van der Waals surface area (Å²) in [6, 6.07) is 0. The molecule has 1 aromatic rings. The predicted molar refractivity (Wildman–Crippen MR) is 78.7 cm³/mol. The van der Waals surface area contributed by atoms with Gasteiger partial charge >= 0.3 is 0 Å². The van der Waals surface area contributed by atoms with Crippen molar-refractivity contribution in [3.63, 3.8) is 0 Å². The van der Waals surface area contributed by atoms with E-state index in [4.69, 9.17) is 10.5 Å². The number of methoxy groups -OCH3 is 1. The average Bonchev–Trinajstić information content (AvgIpc) is 2.76. The fourth-order valence-electron chi connectivity index (χ4n) is 1.35. The highest BCUT2D eigenvalue weighted by molar-refractivity contribution is 7.18. The highest BCUT2D eigenvalue weighted by atomic mass is 32.1. The molecule has 106 valence electrons. The highest BCUT2D eigenvalue weighted by Gasteiger charge is 2.15. The lowest BCUT2D eigenvalue weighted by molar-refractivity contribution is 0.0959. The summed E-state index contributed by atoms with van der Waals surface area (Å²) in [6.45, 7) is 3.74. The molecule has 0 fully saturated rings. The first-order chi connectivity index (χ1) is 9.19. The number of nitrogen functional groups attached to an aromatic ring is 1. The van der Waals surface area contributed by atoms with Gasteiger partial charge in [0, 0.05) is 20.2 Å². The second kappa shape index (κ2) is 8.49. The van der Waals surface area contributed by atoms with E-state index in [1.807, 2.05) is 19.1 Å². The number of nitrogens with two attached hydrogens (primary N) is 1. The number of carbonyl (C=O) groups excluding carboxylic acids is 1. The molecule has 7 heteroatoms. The smallest absolute Gasteiger partial charge is 0.265 e. The number of ether oxygens (including phenoxy) is 1. The molecule has 0 bridgehead atoms. The molecule has 1 heterocycles. The monoisotopic (exact) mass is 284 g/mol. The van der Waals surface area contributed by atoms with Crippen molar-refractivity contribution < 1.29 is 9.53 Å². The van der Waals surface area contributed by atoms with Crippen molar-refractivity contribution in [3.05, 3.63) is 17.0 Å². The van der Waals surface area contributed by atoms with Gasteiger partial charge in [0.1, 0.15) is 10.7 Å². The van der Waals surface area contributed by atoms with Crippen LogP contribution in [0.3, 0.4) is 0 Å².